The lowest BCUT2D eigenvalue weighted by molar-refractivity contribution is 0.738. The van der Waals surface area contributed by atoms with Crippen LogP contribution in [0.5, 0.6) is 0 Å². The molecule has 0 aliphatic heterocycles. The highest BCUT2D eigenvalue weighted by atomic mass is 32.2. The molecule has 0 saturated heterocycles. The van der Waals surface area contributed by atoms with Gasteiger partial charge < -0.3 is 5.32 Å². The van der Waals surface area contributed by atoms with Crippen LogP contribution in [-0.2, 0) is 0 Å². The van der Waals surface area contributed by atoms with Crippen molar-refractivity contribution >= 4 is 11.8 Å². The van der Waals surface area contributed by atoms with E-state index in [1.165, 1.54) is 11.5 Å². The van der Waals surface area contributed by atoms with Crippen LogP contribution in [0.2, 0.25) is 0 Å². The van der Waals surface area contributed by atoms with E-state index in [2.05, 4.69) is 24.1 Å². The Morgan fingerprint density at radius 2 is 2.18 bits per heavy atom. The van der Waals surface area contributed by atoms with E-state index >= 15 is 0 Å². The third-order valence-corrected chi connectivity index (χ3v) is 2.13. The summed E-state index contributed by atoms with van der Waals surface area (Å²) >= 11 is 1.97. The lowest BCUT2D eigenvalue weighted by Crippen LogP contribution is -2.17. The molecular formula is C9H17NS. The smallest absolute Gasteiger partial charge is 0.0214 e. The zero-order valence-electron chi connectivity index (χ0n) is 7.44. The van der Waals surface area contributed by atoms with Crippen LogP contribution in [0.25, 0.3) is 0 Å². The second-order valence-corrected chi connectivity index (χ2v) is 3.52. The maximum Gasteiger partial charge on any atom is 0.0214 e. The molecule has 0 saturated carbocycles. The first-order valence-corrected chi connectivity index (χ1v) is 5.25. The Bertz CT molecular complexity index is 123. The lowest BCUT2D eigenvalue weighted by Gasteiger charge is -1.99. The van der Waals surface area contributed by atoms with Crippen LogP contribution in [0, 0.1) is 11.8 Å². The molecular weight excluding hydrogens is 154 g/mol. The van der Waals surface area contributed by atoms with Gasteiger partial charge in [0.2, 0.25) is 0 Å². The number of rotatable bonds is 6. The molecule has 0 aromatic heterocycles. The van der Waals surface area contributed by atoms with Crippen molar-refractivity contribution < 1.29 is 0 Å². The minimum Gasteiger partial charge on any atom is -0.315 e. The van der Waals surface area contributed by atoms with Gasteiger partial charge >= 0.3 is 0 Å². The molecule has 0 aliphatic rings. The molecule has 0 spiro atoms. The average Bonchev–Trinajstić information content (AvgIpc) is 2.03. The van der Waals surface area contributed by atoms with Crippen LogP contribution in [0.4, 0.5) is 0 Å². The van der Waals surface area contributed by atoms with Crippen molar-refractivity contribution in [2.75, 3.05) is 24.6 Å². The van der Waals surface area contributed by atoms with Crippen LogP contribution in [0.3, 0.4) is 0 Å². The summed E-state index contributed by atoms with van der Waals surface area (Å²) in [5.41, 5.74) is 0. The number of nitrogens with one attached hydrogen (secondary N) is 1. The monoisotopic (exact) mass is 171 g/mol. The Morgan fingerprint density at radius 3 is 2.82 bits per heavy atom. The Kier molecular flexibility index (Phi) is 9.75. The summed E-state index contributed by atoms with van der Waals surface area (Å²) in [5.74, 6) is 8.33. The second-order valence-electron chi connectivity index (χ2n) is 2.12. The van der Waals surface area contributed by atoms with Gasteiger partial charge in [0.1, 0.15) is 0 Å². The SMILES string of the molecule is CC#CCCNCCSCC. The third-order valence-electron chi connectivity index (χ3n) is 1.23. The van der Waals surface area contributed by atoms with Gasteiger partial charge in [0.15, 0.2) is 0 Å². The van der Waals surface area contributed by atoms with Gasteiger partial charge in [-0.25, -0.2) is 0 Å². The van der Waals surface area contributed by atoms with E-state index in [0.29, 0.717) is 0 Å². The summed E-state index contributed by atoms with van der Waals surface area (Å²) < 4.78 is 0. The van der Waals surface area contributed by atoms with Crippen LogP contribution in [0.1, 0.15) is 20.3 Å². The molecule has 0 aromatic rings. The topological polar surface area (TPSA) is 12.0 Å². The van der Waals surface area contributed by atoms with Crippen molar-refractivity contribution in [2.45, 2.75) is 20.3 Å². The lowest BCUT2D eigenvalue weighted by atomic mass is 10.4. The van der Waals surface area contributed by atoms with Gasteiger partial charge in [-0.3, -0.25) is 0 Å². The summed E-state index contributed by atoms with van der Waals surface area (Å²) in [7, 11) is 0. The number of hydrogen-bond donors (Lipinski definition) is 1. The van der Waals surface area contributed by atoms with Crippen LogP contribution in [-0.4, -0.2) is 24.6 Å². The summed E-state index contributed by atoms with van der Waals surface area (Å²) in [6.07, 6.45) is 0.979. The highest BCUT2D eigenvalue weighted by Crippen LogP contribution is 1.94. The largest absolute Gasteiger partial charge is 0.315 e. The molecule has 0 amide bonds. The first-order valence-electron chi connectivity index (χ1n) is 4.10. The van der Waals surface area contributed by atoms with E-state index in [4.69, 9.17) is 0 Å². The van der Waals surface area contributed by atoms with Crippen molar-refractivity contribution in [1.82, 2.24) is 5.32 Å². The second kappa shape index (κ2) is 9.87. The molecule has 0 unspecified atom stereocenters. The van der Waals surface area contributed by atoms with Gasteiger partial charge in [0, 0.05) is 25.3 Å². The Balaban J connectivity index is 2.83. The van der Waals surface area contributed by atoms with Crippen molar-refractivity contribution in [1.29, 1.82) is 0 Å². The summed E-state index contributed by atoms with van der Waals surface area (Å²) in [6.45, 7) is 6.22. The number of hydrogen-bond acceptors (Lipinski definition) is 2. The van der Waals surface area contributed by atoms with Crippen molar-refractivity contribution in [2.24, 2.45) is 0 Å². The molecule has 0 aromatic carbocycles. The van der Waals surface area contributed by atoms with Gasteiger partial charge in [0.05, 0.1) is 0 Å². The third kappa shape index (κ3) is 9.87. The standard InChI is InChI=1S/C9H17NS/c1-3-5-6-7-10-8-9-11-4-2/h10H,4,6-9H2,1-2H3. The Morgan fingerprint density at radius 1 is 1.36 bits per heavy atom. The molecule has 0 bridgehead atoms. The first-order chi connectivity index (χ1) is 5.41. The summed E-state index contributed by atoms with van der Waals surface area (Å²) in [4.78, 5) is 0. The molecule has 0 rings (SSSR count). The fourth-order valence-corrected chi connectivity index (χ4v) is 1.27. The van der Waals surface area contributed by atoms with Crippen molar-refractivity contribution in [3.8, 4) is 11.8 Å². The van der Waals surface area contributed by atoms with Crippen LogP contribution < -0.4 is 5.32 Å². The van der Waals surface area contributed by atoms with Gasteiger partial charge in [-0.1, -0.05) is 6.92 Å². The molecule has 0 heterocycles. The molecule has 1 nitrogen and oxygen atoms in total. The minimum atomic E-state index is 0.979. The van der Waals surface area contributed by atoms with Crippen LogP contribution >= 0.6 is 11.8 Å². The van der Waals surface area contributed by atoms with Gasteiger partial charge in [-0.05, 0) is 12.7 Å². The van der Waals surface area contributed by atoms with Crippen molar-refractivity contribution in [3.05, 3.63) is 0 Å². The van der Waals surface area contributed by atoms with Gasteiger partial charge in [0.25, 0.3) is 0 Å². The predicted octanol–water partition coefficient (Wildman–Crippen LogP) is 1.74. The first kappa shape index (κ1) is 10.9. The van der Waals surface area contributed by atoms with E-state index in [9.17, 15) is 0 Å². The molecule has 1 N–H and O–H groups in total. The summed E-state index contributed by atoms with van der Waals surface area (Å²) in [6, 6.07) is 0. The normalized spacial score (nSPS) is 8.91. The van der Waals surface area contributed by atoms with Crippen molar-refractivity contribution in [3.63, 3.8) is 0 Å². The van der Waals surface area contributed by atoms with E-state index in [1.54, 1.807) is 0 Å². The van der Waals surface area contributed by atoms with E-state index in [1.807, 2.05) is 18.7 Å². The van der Waals surface area contributed by atoms with E-state index in [0.717, 1.165) is 19.5 Å². The fourth-order valence-electron chi connectivity index (χ4n) is 0.690. The zero-order chi connectivity index (χ0) is 8.36. The van der Waals surface area contributed by atoms with E-state index in [-0.39, 0.29) is 0 Å². The summed E-state index contributed by atoms with van der Waals surface area (Å²) in [5, 5.41) is 3.33. The molecule has 0 radical (unpaired) electrons. The molecule has 64 valence electrons. The molecule has 0 fully saturated rings. The van der Waals surface area contributed by atoms with Gasteiger partial charge in [-0.2, -0.15) is 11.8 Å². The highest BCUT2D eigenvalue weighted by molar-refractivity contribution is 7.99. The molecule has 0 aliphatic carbocycles. The minimum absolute atomic E-state index is 0.979. The number of thioether (sulfide) groups is 1. The molecule has 11 heavy (non-hydrogen) atoms. The van der Waals surface area contributed by atoms with E-state index < -0.39 is 0 Å². The predicted molar refractivity (Wildman–Crippen MR) is 53.9 cm³/mol. The Labute approximate surface area is 74.3 Å². The van der Waals surface area contributed by atoms with Crippen LogP contribution in [0.15, 0.2) is 0 Å². The maximum atomic E-state index is 3.33. The zero-order valence-corrected chi connectivity index (χ0v) is 8.26. The maximum absolute atomic E-state index is 3.33. The fraction of sp³-hybridized carbons (Fsp3) is 0.778. The average molecular weight is 171 g/mol. The Hall–Kier alpha value is -0.130. The molecule has 0 atom stereocenters. The molecule has 2 heteroatoms. The highest BCUT2D eigenvalue weighted by Gasteiger charge is 1.84. The quantitative estimate of drug-likeness (QED) is 0.482. The van der Waals surface area contributed by atoms with Gasteiger partial charge in [-0.15, -0.1) is 11.8 Å².